The van der Waals surface area contributed by atoms with Crippen molar-refractivity contribution in [3.8, 4) is 12.1 Å². The first kappa shape index (κ1) is 50.4. The molecule has 2 aromatic heterocycles. The van der Waals surface area contributed by atoms with E-state index in [1.165, 1.54) is 22.7 Å². The number of benzene rings is 2. The minimum absolute atomic E-state index is 0.0432. The molecular formula is C62H50N4O10S2. The second kappa shape index (κ2) is 19.8. The van der Waals surface area contributed by atoms with E-state index in [0.717, 1.165) is 108 Å². The Morgan fingerprint density at radius 3 is 1.35 bits per heavy atom. The minimum Gasteiger partial charge on any atom is -0.482 e. The maximum absolute atomic E-state index is 14.2. The summed E-state index contributed by atoms with van der Waals surface area (Å²) in [6.07, 6.45) is 18.9. The van der Waals surface area contributed by atoms with Crippen LogP contribution >= 0.6 is 22.7 Å². The molecule has 8 aliphatic rings. The maximum atomic E-state index is 14.2. The van der Waals surface area contributed by atoms with Crippen molar-refractivity contribution in [3.63, 3.8) is 0 Å². The average molecular weight is 1080 g/mol. The zero-order valence-electron chi connectivity index (χ0n) is 42.7. The van der Waals surface area contributed by atoms with Crippen molar-refractivity contribution < 1.29 is 47.7 Å². The summed E-state index contributed by atoms with van der Waals surface area (Å²) in [7, 11) is 0. The van der Waals surface area contributed by atoms with Crippen LogP contribution in [-0.2, 0) is 62.5 Å². The van der Waals surface area contributed by atoms with E-state index in [1.54, 1.807) is 74.5 Å². The van der Waals surface area contributed by atoms with E-state index >= 15 is 0 Å². The van der Waals surface area contributed by atoms with Gasteiger partial charge in [-0.2, -0.15) is 20.3 Å². The summed E-state index contributed by atoms with van der Waals surface area (Å²) >= 11 is 3.00. The zero-order chi connectivity index (χ0) is 54.0. The van der Waals surface area contributed by atoms with Crippen LogP contribution in [0.3, 0.4) is 0 Å². The van der Waals surface area contributed by atoms with Crippen LogP contribution in [0.15, 0.2) is 142 Å². The molecule has 16 heteroatoms. The van der Waals surface area contributed by atoms with Crippen LogP contribution in [0.5, 0.6) is 0 Å². The van der Waals surface area contributed by atoms with Crippen molar-refractivity contribution >= 4 is 81.8 Å². The molecule has 4 aliphatic carbocycles. The van der Waals surface area contributed by atoms with Crippen LogP contribution in [0.1, 0.15) is 120 Å². The molecule has 0 saturated heterocycles. The molecule has 0 radical (unpaired) electrons. The van der Waals surface area contributed by atoms with Crippen molar-refractivity contribution in [1.82, 2.24) is 9.80 Å². The van der Waals surface area contributed by atoms with E-state index < -0.39 is 47.0 Å². The Morgan fingerprint density at radius 1 is 0.590 bits per heavy atom. The largest absolute Gasteiger partial charge is 0.482 e. The highest BCUT2D eigenvalue weighted by atomic mass is 32.1. The Balaban J connectivity index is 0.888. The first-order valence-electron chi connectivity index (χ1n) is 26.2. The number of fused-ring (bicyclic) bond motifs is 9. The normalized spacial score (nSPS) is 22.9. The molecule has 2 saturated carbocycles. The van der Waals surface area contributed by atoms with Gasteiger partial charge >= 0.3 is 12.2 Å². The number of amides is 6. The highest BCUT2D eigenvalue weighted by Crippen LogP contribution is 2.59. The monoisotopic (exact) mass is 1070 g/mol. The van der Waals surface area contributed by atoms with Gasteiger partial charge in [0.15, 0.2) is 0 Å². The number of imide groups is 6. The Kier molecular flexibility index (Phi) is 12.8. The molecule has 2 unspecified atom stereocenters. The van der Waals surface area contributed by atoms with Crippen molar-refractivity contribution in [3.05, 3.63) is 184 Å². The number of carbonyl (C=O) groups is 6. The fourth-order valence-corrected chi connectivity index (χ4v) is 14.5. The third-order valence-electron chi connectivity index (χ3n) is 16.1. The predicted molar refractivity (Wildman–Crippen MR) is 289 cm³/mol. The standard InChI is InChI=1S/C62H50N4O10S2/c1-35-43(55(67)65(57(69)47(35)31-63)59(71)73-33-37-15-7-3-8-16-37)27-41-29-49-53(77-41)45-23-39-26-52-46(24-40(39)25-51(45)75-61(49)19-11-5-12-20-61)54-50(62(76-52)21-13-6-14-22-62)30-42(78-54)28-44-36(2)48(32-64)58(70)66(56(44)68)60(72)74-34-38-17-9-4-10-18-38/h3-4,7-10,15-18,23-30,39-40H,5-6,11-14,19-22,33-34H2,1-2H3/b43-27-,44-28+. The molecule has 12 rings (SSSR count). The number of allylic oxidation sites excluding steroid dienone is 6. The number of hydrogen-bond donors (Lipinski definition) is 0. The second-order valence-electron chi connectivity index (χ2n) is 20.8. The number of thiophene rings is 2. The Hall–Kier alpha value is -8.44. The molecule has 14 nitrogen and oxygen atoms in total. The lowest BCUT2D eigenvalue weighted by Gasteiger charge is -2.46. The van der Waals surface area contributed by atoms with Crippen LogP contribution < -0.4 is 0 Å². The summed E-state index contributed by atoms with van der Waals surface area (Å²) < 4.78 is 25.3. The van der Waals surface area contributed by atoms with Gasteiger partial charge < -0.3 is 18.9 Å². The maximum Gasteiger partial charge on any atom is 0.424 e. The number of ether oxygens (including phenoxy) is 4. The lowest BCUT2D eigenvalue weighted by Crippen LogP contribution is -2.46. The lowest BCUT2D eigenvalue weighted by molar-refractivity contribution is -0.140. The van der Waals surface area contributed by atoms with Crippen molar-refractivity contribution in [2.75, 3.05) is 0 Å². The molecule has 2 spiro atoms. The van der Waals surface area contributed by atoms with E-state index in [4.69, 9.17) is 18.9 Å². The van der Waals surface area contributed by atoms with Gasteiger partial charge in [-0.05, 0) is 124 Å². The van der Waals surface area contributed by atoms with Gasteiger partial charge in [0.05, 0.1) is 0 Å². The van der Waals surface area contributed by atoms with E-state index in [0.29, 0.717) is 30.7 Å². The Bertz CT molecular complexity index is 3430. The summed E-state index contributed by atoms with van der Waals surface area (Å²) in [5, 5.41) is 20.3. The quantitative estimate of drug-likeness (QED) is 0.131. The topological polar surface area (TPSA) is 193 Å². The zero-order valence-corrected chi connectivity index (χ0v) is 44.4. The number of nitrogens with zero attached hydrogens (tertiary/aromatic N) is 4. The van der Waals surface area contributed by atoms with Crippen molar-refractivity contribution in [2.24, 2.45) is 11.8 Å². The van der Waals surface area contributed by atoms with E-state index in [1.807, 2.05) is 24.3 Å². The van der Waals surface area contributed by atoms with E-state index in [-0.39, 0.29) is 58.5 Å². The third kappa shape index (κ3) is 8.51. The van der Waals surface area contributed by atoms with Gasteiger partial charge in [-0.1, -0.05) is 85.7 Å². The molecule has 0 bridgehead atoms. The second-order valence-corrected chi connectivity index (χ2v) is 23.0. The first-order chi connectivity index (χ1) is 37.8. The summed E-state index contributed by atoms with van der Waals surface area (Å²) in [6, 6.07) is 25.7. The summed E-state index contributed by atoms with van der Waals surface area (Å²) in [4.78, 5) is 86.6. The number of rotatable bonds is 6. The molecule has 2 aromatic carbocycles. The van der Waals surface area contributed by atoms with Gasteiger partial charge in [-0.15, -0.1) is 22.7 Å². The number of carbonyl (C=O) groups excluding carboxylic acids is 6. The summed E-state index contributed by atoms with van der Waals surface area (Å²) in [5.41, 5.74) is 3.74. The highest BCUT2D eigenvalue weighted by Gasteiger charge is 2.50. The van der Waals surface area contributed by atoms with E-state index in [2.05, 4.69) is 36.4 Å². The van der Waals surface area contributed by atoms with Crippen LogP contribution in [0, 0.1) is 34.5 Å². The molecular weight excluding hydrogens is 1020 g/mol. The molecule has 0 N–H and O–H groups in total. The third-order valence-corrected chi connectivity index (χ3v) is 18.3. The fraction of sp³-hybridized carbons (Fsp3) is 0.290. The van der Waals surface area contributed by atoms with Gasteiger partial charge in [0.25, 0.3) is 23.6 Å². The van der Waals surface area contributed by atoms with Gasteiger partial charge in [0.2, 0.25) is 0 Å². The SMILES string of the molecule is CC1=C(C#N)C(=O)N(C(=O)OCc2ccccc2)C(=O)/C1=C\c1cc2c(s1)C1=CC3C=C4OC5(CCCCC5)c5cc(/C=C6/C(=O)N(C(=O)OCc7ccccc7)C(=O)C(C#N)=C6C)sc5C4=CC3C=C1OC21CCCCC1. The molecule has 390 valence electrons. The predicted octanol–water partition coefficient (Wildman–Crippen LogP) is 12.5. The van der Waals surface area contributed by atoms with Crippen LogP contribution in [0.2, 0.25) is 0 Å². The molecule has 78 heavy (non-hydrogen) atoms. The van der Waals surface area contributed by atoms with Crippen molar-refractivity contribution in [1.29, 1.82) is 10.5 Å². The van der Waals surface area contributed by atoms with Crippen LogP contribution in [-0.4, -0.2) is 45.6 Å². The lowest BCUT2D eigenvalue weighted by atomic mass is 9.72. The Labute approximate surface area is 457 Å². The van der Waals surface area contributed by atoms with Gasteiger partial charge in [-0.3, -0.25) is 19.2 Å². The first-order valence-corrected chi connectivity index (χ1v) is 27.8. The molecule has 2 fully saturated rings. The fourth-order valence-electron chi connectivity index (χ4n) is 12.1. The van der Waals surface area contributed by atoms with Crippen molar-refractivity contribution in [2.45, 2.75) is 102 Å². The highest BCUT2D eigenvalue weighted by molar-refractivity contribution is 7.14. The van der Waals surface area contributed by atoms with Gasteiger partial charge in [0, 0.05) is 64.8 Å². The van der Waals surface area contributed by atoms with Crippen LogP contribution in [0.4, 0.5) is 9.59 Å². The van der Waals surface area contributed by atoms with Gasteiger partial charge in [0.1, 0.15) is 59.2 Å². The molecule has 2 atom stereocenters. The molecule has 4 aromatic rings. The van der Waals surface area contributed by atoms with E-state index in [9.17, 15) is 39.3 Å². The smallest absolute Gasteiger partial charge is 0.424 e. The summed E-state index contributed by atoms with van der Waals surface area (Å²) in [6.45, 7) is 2.75. The van der Waals surface area contributed by atoms with Gasteiger partial charge in [-0.25, -0.2) is 9.59 Å². The van der Waals surface area contributed by atoms with Crippen LogP contribution in [0.25, 0.3) is 23.3 Å². The average Bonchev–Trinajstić information content (AvgIpc) is 4.29. The molecule has 6 heterocycles. The number of nitriles is 2. The Morgan fingerprint density at radius 2 is 0.974 bits per heavy atom. The molecule has 4 aliphatic heterocycles. The number of hydrogen-bond acceptors (Lipinski definition) is 14. The molecule has 6 amide bonds. The minimum atomic E-state index is -1.16. The summed E-state index contributed by atoms with van der Waals surface area (Å²) in [5.74, 6) is -2.52.